The Hall–Kier alpha value is -3.45. The summed E-state index contributed by atoms with van der Waals surface area (Å²) in [4.78, 5) is 41.7. The van der Waals surface area contributed by atoms with Crippen LogP contribution in [-0.4, -0.2) is 45.8 Å². The average Bonchev–Trinajstić information content (AvgIpc) is 3.33. The molecule has 0 radical (unpaired) electrons. The number of hydrogen-bond donors (Lipinski definition) is 0. The Morgan fingerprint density at radius 1 is 1.09 bits per heavy atom. The van der Waals surface area contributed by atoms with Crippen molar-refractivity contribution >= 4 is 29.3 Å². The first kappa shape index (κ1) is 21.4. The summed E-state index contributed by atoms with van der Waals surface area (Å²) >= 11 is 6.00. The highest BCUT2D eigenvalue weighted by Gasteiger charge is 2.37. The zero-order chi connectivity index (χ0) is 23.3. The van der Waals surface area contributed by atoms with E-state index in [-0.39, 0.29) is 29.2 Å². The highest BCUT2D eigenvalue weighted by molar-refractivity contribution is 6.30. The Balaban J connectivity index is 1.40. The molecule has 3 amide bonds. The van der Waals surface area contributed by atoms with Gasteiger partial charge in [0.1, 0.15) is 0 Å². The van der Waals surface area contributed by atoms with Gasteiger partial charge < -0.3 is 9.42 Å². The van der Waals surface area contributed by atoms with Gasteiger partial charge >= 0.3 is 0 Å². The fourth-order valence-corrected chi connectivity index (χ4v) is 4.48. The number of aromatic nitrogens is 1. The van der Waals surface area contributed by atoms with Gasteiger partial charge in [0.15, 0.2) is 5.76 Å². The molecule has 33 heavy (non-hydrogen) atoms. The zero-order valence-corrected chi connectivity index (χ0v) is 19.1. The summed E-state index contributed by atoms with van der Waals surface area (Å²) in [6, 6.07) is 12.0. The molecule has 3 heterocycles. The van der Waals surface area contributed by atoms with Crippen molar-refractivity contribution in [2.45, 2.75) is 26.8 Å². The van der Waals surface area contributed by atoms with Gasteiger partial charge in [-0.05, 0) is 48.4 Å². The Morgan fingerprint density at radius 3 is 2.55 bits per heavy atom. The molecule has 2 aliphatic heterocycles. The van der Waals surface area contributed by atoms with E-state index in [1.165, 1.54) is 4.90 Å². The van der Waals surface area contributed by atoms with Crippen molar-refractivity contribution in [1.82, 2.24) is 15.0 Å². The number of amides is 3. The smallest absolute Gasteiger partial charge is 0.261 e. The molecule has 0 fully saturated rings. The lowest BCUT2D eigenvalue weighted by Gasteiger charge is -2.26. The van der Waals surface area contributed by atoms with Crippen LogP contribution in [0.5, 0.6) is 0 Å². The first-order valence-electron chi connectivity index (χ1n) is 10.9. The van der Waals surface area contributed by atoms with Crippen LogP contribution < -0.4 is 0 Å². The highest BCUT2D eigenvalue weighted by atomic mass is 35.5. The number of hydrogen-bond acceptors (Lipinski definition) is 5. The minimum absolute atomic E-state index is 0.161. The maximum Gasteiger partial charge on any atom is 0.261 e. The predicted molar refractivity (Wildman–Crippen MR) is 122 cm³/mol. The number of imide groups is 1. The second-order valence-electron chi connectivity index (χ2n) is 8.80. The maximum atomic E-state index is 13.3. The lowest BCUT2D eigenvalue weighted by atomic mass is 10.00. The third-order valence-corrected chi connectivity index (χ3v) is 6.25. The molecule has 7 nitrogen and oxygen atoms in total. The van der Waals surface area contributed by atoms with Crippen molar-refractivity contribution in [3.8, 4) is 11.3 Å². The lowest BCUT2D eigenvalue weighted by Crippen LogP contribution is -2.36. The molecule has 0 atom stereocenters. The molecule has 2 aromatic carbocycles. The van der Waals surface area contributed by atoms with E-state index in [1.54, 1.807) is 35.2 Å². The summed E-state index contributed by atoms with van der Waals surface area (Å²) < 4.78 is 5.59. The molecule has 5 rings (SSSR count). The van der Waals surface area contributed by atoms with E-state index in [1.807, 2.05) is 26.0 Å². The van der Waals surface area contributed by atoms with Gasteiger partial charge in [0.25, 0.3) is 17.7 Å². The fraction of sp³-hybridized carbons (Fsp3) is 0.280. The Kier molecular flexibility index (Phi) is 5.29. The minimum Gasteiger partial charge on any atom is -0.356 e. The Bertz CT molecular complexity index is 1280. The second-order valence-corrected chi connectivity index (χ2v) is 9.23. The number of fused-ring (bicyclic) bond motifs is 2. The Morgan fingerprint density at radius 2 is 1.82 bits per heavy atom. The minimum atomic E-state index is -0.344. The second kappa shape index (κ2) is 8.15. The van der Waals surface area contributed by atoms with Gasteiger partial charge in [-0.15, -0.1) is 0 Å². The van der Waals surface area contributed by atoms with Crippen LogP contribution in [0.15, 0.2) is 47.0 Å². The van der Waals surface area contributed by atoms with Crippen LogP contribution in [0, 0.1) is 5.92 Å². The van der Waals surface area contributed by atoms with Crippen LogP contribution in [0.2, 0.25) is 5.02 Å². The van der Waals surface area contributed by atoms with Gasteiger partial charge in [-0.2, -0.15) is 0 Å². The van der Waals surface area contributed by atoms with E-state index in [4.69, 9.17) is 16.1 Å². The summed E-state index contributed by atoms with van der Waals surface area (Å²) in [5.74, 6) is -0.0625. The molecular weight excluding hydrogens is 442 g/mol. The monoisotopic (exact) mass is 463 g/mol. The van der Waals surface area contributed by atoms with E-state index in [0.29, 0.717) is 48.0 Å². The van der Waals surface area contributed by atoms with Crippen molar-refractivity contribution in [1.29, 1.82) is 0 Å². The van der Waals surface area contributed by atoms with E-state index in [9.17, 15) is 14.4 Å². The third-order valence-electron chi connectivity index (χ3n) is 6.00. The number of carbonyl (C=O) groups is 3. The topological polar surface area (TPSA) is 83.7 Å². The predicted octanol–water partition coefficient (Wildman–Crippen LogP) is 4.45. The fourth-order valence-electron chi connectivity index (χ4n) is 4.35. The first-order valence-corrected chi connectivity index (χ1v) is 11.2. The molecule has 2 aliphatic rings. The van der Waals surface area contributed by atoms with Crippen LogP contribution in [0.3, 0.4) is 0 Å². The Labute approximate surface area is 195 Å². The van der Waals surface area contributed by atoms with Crippen LogP contribution in [-0.2, 0) is 13.0 Å². The van der Waals surface area contributed by atoms with Gasteiger partial charge in [-0.25, -0.2) is 0 Å². The van der Waals surface area contributed by atoms with Crippen molar-refractivity contribution in [3.63, 3.8) is 0 Å². The number of carbonyl (C=O) groups excluding carboxylic acids is 3. The van der Waals surface area contributed by atoms with Gasteiger partial charge in [0.2, 0.25) is 0 Å². The van der Waals surface area contributed by atoms with E-state index in [2.05, 4.69) is 5.16 Å². The largest absolute Gasteiger partial charge is 0.356 e. The normalized spacial score (nSPS) is 15.3. The molecule has 0 saturated heterocycles. The van der Waals surface area contributed by atoms with E-state index in [0.717, 1.165) is 16.8 Å². The first-order chi connectivity index (χ1) is 15.8. The van der Waals surface area contributed by atoms with E-state index >= 15 is 0 Å². The molecule has 0 N–H and O–H groups in total. The van der Waals surface area contributed by atoms with Crippen LogP contribution in [0.4, 0.5) is 0 Å². The van der Waals surface area contributed by atoms with Gasteiger partial charge in [0, 0.05) is 41.2 Å². The van der Waals surface area contributed by atoms with E-state index < -0.39 is 0 Å². The van der Waals surface area contributed by atoms with Crippen molar-refractivity contribution < 1.29 is 18.9 Å². The number of benzene rings is 2. The summed E-state index contributed by atoms with van der Waals surface area (Å²) in [5.41, 5.74) is 3.57. The molecular formula is C25H22ClN3O4. The molecule has 8 heteroatoms. The van der Waals surface area contributed by atoms with Crippen molar-refractivity contribution in [2.24, 2.45) is 5.92 Å². The molecule has 0 spiro atoms. The molecule has 0 aliphatic carbocycles. The van der Waals surface area contributed by atoms with Crippen LogP contribution >= 0.6 is 11.6 Å². The number of nitrogens with zero attached hydrogens (tertiary/aromatic N) is 3. The summed E-state index contributed by atoms with van der Waals surface area (Å²) in [7, 11) is 0. The molecule has 1 aromatic heterocycles. The third kappa shape index (κ3) is 3.72. The maximum absolute atomic E-state index is 13.3. The SMILES string of the molecule is CC(C)CN1C(=O)c2ccc(C(=O)N3CCc4noc(-c5ccc(Cl)cc5)c4C3)cc2C1=O. The average molecular weight is 464 g/mol. The summed E-state index contributed by atoms with van der Waals surface area (Å²) in [6.07, 6.45) is 0.572. The van der Waals surface area contributed by atoms with Crippen molar-refractivity contribution in [3.05, 3.63) is 75.4 Å². The zero-order valence-electron chi connectivity index (χ0n) is 18.3. The van der Waals surface area contributed by atoms with Gasteiger partial charge in [-0.1, -0.05) is 30.6 Å². The molecule has 3 aromatic rings. The molecule has 0 unspecified atom stereocenters. The molecule has 168 valence electrons. The lowest BCUT2D eigenvalue weighted by molar-refractivity contribution is 0.0635. The summed E-state index contributed by atoms with van der Waals surface area (Å²) in [6.45, 7) is 5.09. The summed E-state index contributed by atoms with van der Waals surface area (Å²) in [5, 5.41) is 4.81. The molecule has 0 saturated carbocycles. The quantitative estimate of drug-likeness (QED) is 0.534. The van der Waals surface area contributed by atoms with Crippen LogP contribution in [0.1, 0.15) is 56.2 Å². The number of rotatable bonds is 4. The standard InChI is InChI=1S/C25H22ClN3O4/c1-14(2)12-29-24(31)18-8-5-16(11-19(18)25(29)32)23(30)28-10-9-21-20(13-28)22(33-27-21)15-3-6-17(26)7-4-15/h3-8,11,14H,9-10,12-13H2,1-2H3. The van der Waals surface area contributed by atoms with Gasteiger partial charge in [0.05, 0.1) is 23.4 Å². The highest BCUT2D eigenvalue weighted by Crippen LogP contribution is 2.32. The molecule has 0 bridgehead atoms. The van der Waals surface area contributed by atoms with Gasteiger partial charge in [-0.3, -0.25) is 19.3 Å². The van der Waals surface area contributed by atoms with Crippen LogP contribution in [0.25, 0.3) is 11.3 Å². The number of halogens is 1. The van der Waals surface area contributed by atoms with Crippen molar-refractivity contribution in [2.75, 3.05) is 13.1 Å².